The second-order valence-corrected chi connectivity index (χ2v) is 8.46. The molecule has 1 aromatic carbocycles. The van der Waals surface area contributed by atoms with Crippen LogP contribution in [0.5, 0.6) is 0 Å². The standard InChI is InChI=1S/C16H24F3NS/c1-11(2)9-20-10-12-6-7-13(21-15(3,4)5)8-14(12)16(17,18)19/h6-8,11,20H,9-10H2,1-5H3. The smallest absolute Gasteiger partial charge is 0.312 e. The lowest BCUT2D eigenvalue weighted by atomic mass is 10.1. The van der Waals surface area contributed by atoms with Crippen LogP contribution in [0.25, 0.3) is 0 Å². The van der Waals surface area contributed by atoms with Crippen molar-refractivity contribution in [3.05, 3.63) is 29.3 Å². The molecule has 0 bridgehead atoms. The number of benzene rings is 1. The first-order valence-corrected chi connectivity index (χ1v) is 7.90. The highest BCUT2D eigenvalue weighted by Gasteiger charge is 2.33. The first-order valence-electron chi connectivity index (χ1n) is 7.09. The molecule has 1 N–H and O–H groups in total. The van der Waals surface area contributed by atoms with E-state index in [1.807, 2.05) is 34.6 Å². The molecule has 0 saturated carbocycles. The molecular formula is C16H24F3NS. The Hall–Kier alpha value is -0.680. The minimum absolute atomic E-state index is 0.111. The molecule has 0 aliphatic heterocycles. The molecular weight excluding hydrogens is 295 g/mol. The number of halogens is 3. The van der Waals surface area contributed by atoms with Gasteiger partial charge in [-0.2, -0.15) is 13.2 Å². The molecule has 0 amide bonds. The summed E-state index contributed by atoms with van der Waals surface area (Å²) in [5, 5.41) is 3.07. The molecule has 0 heterocycles. The third kappa shape index (κ3) is 6.74. The van der Waals surface area contributed by atoms with Crippen molar-refractivity contribution in [1.82, 2.24) is 5.32 Å². The fraction of sp³-hybridized carbons (Fsp3) is 0.625. The Morgan fingerprint density at radius 3 is 2.24 bits per heavy atom. The highest BCUT2D eigenvalue weighted by Crippen LogP contribution is 2.38. The van der Waals surface area contributed by atoms with E-state index >= 15 is 0 Å². The Morgan fingerprint density at radius 1 is 1.14 bits per heavy atom. The van der Waals surface area contributed by atoms with Crippen LogP contribution in [0.3, 0.4) is 0 Å². The maximum absolute atomic E-state index is 13.2. The van der Waals surface area contributed by atoms with E-state index in [4.69, 9.17) is 0 Å². The van der Waals surface area contributed by atoms with E-state index < -0.39 is 11.7 Å². The van der Waals surface area contributed by atoms with Crippen LogP contribution in [-0.2, 0) is 12.7 Å². The van der Waals surface area contributed by atoms with Crippen molar-refractivity contribution in [2.24, 2.45) is 5.92 Å². The van der Waals surface area contributed by atoms with Crippen LogP contribution in [0.2, 0.25) is 0 Å². The van der Waals surface area contributed by atoms with Gasteiger partial charge in [0, 0.05) is 16.2 Å². The summed E-state index contributed by atoms with van der Waals surface area (Å²) < 4.78 is 39.5. The van der Waals surface area contributed by atoms with Crippen molar-refractivity contribution in [3.8, 4) is 0 Å². The fourth-order valence-corrected chi connectivity index (χ4v) is 2.91. The van der Waals surface area contributed by atoms with Gasteiger partial charge in [-0.1, -0.05) is 40.7 Å². The van der Waals surface area contributed by atoms with Gasteiger partial charge < -0.3 is 5.32 Å². The monoisotopic (exact) mass is 319 g/mol. The maximum atomic E-state index is 13.2. The van der Waals surface area contributed by atoms with Gasteiger partial charge in [0.25, 0.3) is 0 Å². The summed E-state index contributed by atoms with van der Waals surface area (Å²) in [6.07, 6.45) is -4.32. The summed E-state index contributed by atoms with van der Waals surface area (Å²) in [4.78, 5) is 0.655. The number of hydrogen-bond donors (Lipinski definition) is 1. The van der Waals surface area contributed by atoms with Crippen LogP contribution < -0.4 is 5.32 Å². The quantitative estimate of drug-likeness (QED) is 0.735. The van der Waals surface area contributed by atoms with Gasteiger partial charge in [-0.15, -0.1) is 11.8 Å². The molecule has 0 aromatic heterocycles. The molecule has 0 spiro atoms. The zero-order valence-corrected chi connectivity index (χ0v) is 14.1. The van der Waals surface area contributed by atoms with Gasteiger partial charge in [-0.05, 0) is 30.2 Å². The van der Waals surface area contributed by atoms with Gasteiger partial charge in [-0.25, -0.2) is 0 Å². The third-order valence-electron chi connectivity index (χ3n) is 2.68. The van der Waals surface area contributed by atoms with Crippen molar-refractivity contribution >= 4 is 11.8 Å². The van der Waals surface area contributed by atoms with E-state index in [2.05, 4.69) is 5.32 Å². The zero-order chi connectivity index (χ0) is 16.3. The average molecular weight is 319 g/mol. The van der Waals surface area contributed by atoms with Gasteiger partial charge in [0.15, 0.2) is 0 Å². The topological polar surface area (TPSA) is 12.0 Å². The van der Waals surface area contributed by atoms with Crippen molar-refractivity contribution in [2.45, 2.75) is 57.0 Å². The predicted molar refractivity (Wildman–Crippen MR) is 83.6 cm³/mol. The van der Waals surface area contributed by atoms with Crippen LogP contribution in [0, 0.1) is 5.92 Å². The number of alkyl halides is 3. The van der Waals surface area contributed by atoms with E-state index in [9.17, 15) is 13.2 Å². The van der Waals surface area contributed by atoms with E-state index in [1.165, 1.54) is 17.8 Å². The van der Waals surface area contributed by atoms with Crippen molar-refractivity contribution in [3.63, 3.8) is 0 Å². The summed E-state index contributed by atoms with van der Waals surface area (Å²) in [6, 6.07) is 4.63. The second-order valence-electron chi connectivity index (χ2n) is 6.56. The van der Waals surface area contributed by atoms with E-state index in [1.54, 1.807) is 12.1 Å². The summed E-state index contributed by atoms with van der Waals surface area (Å²) in [6.45, 7) is 11.0. The third-order valence-corrected chi connectivity index (χ3v) is 3.78. The molecule has 0 atom stereocenters. The van der Waals surface area contributed by atoms with Gasteiger partial charge in [0.05, 0.1) is 5.56 Å². The van der Waals surface area contributed by atoms with Crippen molar-refractivity contribution in [1.29, 1.82) is 0 Å². The molecule has 0 saturated heterocycles. The van der Waals surface area contributed by atoms with Crippen LogP contribution in [0.4, 0.5) is 13.2 Å². The lowest BCUT2D eigenvalue weighted by Crippen LogP contribution is -2.21. The van der Waals surface area contributed by atoms with Gasteiger partial charge in [0.2, 0.25) is 0 Å². The molecule has 0 radical (unpaired) electrons. The molecule has 5 heteroatoms. The molecule has 0 aliphatic rings. The summed E-state index contributed by atoms with van der Waals surface area (Å²) in [5.74, 6) is 0.412. The largest absolute Gasteiger partial charge is 0.416 e. The summed E-state index contributed by atoms with van der Waals surface area (Å²) in [7, 11) is 0. The molecule has 21 heavy (non-hydrogen) atoms. The molecule has 1 nitrogen and oxygen atoms in total. The lowest BCUT2D eigenvalue weighted by Gasteiger charge is -2.20. The normalized spacial score (nSPS) is 13.0. The Bertz CT molecular complexity index is 462. The Kier molecular flexibility index (Phi) is 6.17. The Balaban J connectivity index is 2.98. The second kappa shape index (κ2) is 7.05. The lowest BCUT2D eigenvalue weighted by molar-refractivity contribution is -0.138. The van der Waals surface area contributed by atoms with E-state index in [0.29, 0.717) is 22.9 Å². The minimum Gasteiger partial charge on any atom is -0.312 e. The van der Waals surface area contributed by atoms with Gasteiger partial charge in [-0.3, -0.25) is 0 Å². The Morgan fingerprint density at radius 2 is 1.76 bits per heavy atom. The zero-order valence-electron chi connectivity index (χ0n) is 13.3. The van der Waals surface area contributed by atoms with Crippen LogP contribution >= 0.6 is 11.8 Å². The average Bonchev–Trinajstić information content (AvgIpc) is 2.27. The first-order chi connectivity index (χ1) is 9.49. The number of nitrogens with one attached hydrogen (secondary N) is 1. The molecule has 0 unspecified atom stereocenters. The molecule has 120 valence electrons. The molecule has 1 aromatic rings. The molecule has 0 aliphatic carbocycles. The number of hydrogen-bond acceptors (Lipinski definition) is 2. The van der Waals surface area contributed by atoms with E-state index in [0.717, 1.165) is 0 Å². The summed E-state index contributed by atoms with van der Waals surface area (Å²) in [5.41, 5.74) is -0.227. The first kappa shape index (κ1) is 18.4. The molecule has 1 rings (SSSR count). The number of thioether (sulfide) groups is 1. The highest BCUT2D eigenvalue weighted by molar-refractivity contribution is 8.00. The minimum atomic E-state index is -4.32. The summed E-state index contributed by atoms with van der Waals surface area (Å²) >= 11 is 1.45. The fourth-order valence-electron chi connectivity index (χ4n) is 1.89. The van der Waals surface area contributed by atoms with Crippen molar-refractivity contribution in [2.75, 3.05) is 6.54 Å². The van der Waals surface area contributed by atoms with E-state index in [-0.39, 0.29) is 11.3 Å². The van der Waals surface area contributed by atoms with Crippen LogP contribution in [0.15, 0.2) is 23.1 Å². The van der Waals surface area contributed by atoms with Gasteiger partial charge in [0.1, 0.15) is 0 Å². The van der Waals surface area contributed by atoms with Gasteiger partial charge >= 0.3 is 6.18 Å². The highest BCUT2D eigenvalue weighted by atomic mass is 32.2. The maximum Gasteiger partial charge on any atom is 0.416 e. The van der Waals surface area contributed by atoms with Crippen LogP contribution in [-0.4, -0.2) is 11.3 Å². The predicted octanol–water partition coefficient (Wildman–Crippen LogP) is 5.34. The Labute approximate surface area is 129 Å². The molecule has 0 fully saturated rings. The van der Waals surface area contributed by atoms with Crippen molar-refractivity contribution < 1.29 is 13.2 Å². The van der Waals surface area contributed by atoms with Crippen LogP contribution in [0.1, 0.15) is 45.7 Å². The SMILES string of the molecule is CC(C)CNCc1ccc(SC(C)(C)C)cc1C(F)(F)F. The number of rotatable bonds is 5.